The second-order valence-corrected chi connectivity index (χ2v) is 11.2. The van der Waals surface area contributed by atoms with Gasteiger partial charge in [-0.3, -0.25) is 9.13 Å². The molecule has 0 aliphatic heterocycles. The summed E-state index contributed by atoms with van der Waals surface area (Å²) in [7, 11) is -4.17. The first-order valence-electron chi connectivity index (χ1n) is 12.8. The molecule has 8 nitrogen and oxygen atoms in total. The van der Waals surface area contributed by atoms with Crippen molar-refractivity contribution in [2.24, 2.45) is 0 Å². The van der Waals surface area contributed by atoms with E-state index in [1.807, 2.05) is 75.9 Å². The van der Waals surface area contributed by atoms with E-state index in [2.05, 4.69) is 16.0 Å². The highest BCUT2D eigenvalue weighted by Gasteiger charge is 2.30. The number of phenolic OH excluding ortho intramolecular Hbond substituents is 1. The maximum Gasteiger partial charge on any atom is 0.268 e. The Morgan fingerprint density at radius 1 is 0.732 bits per heavy atom. The van der Waals surface area contributed by atoms with Gasteiger partial charge in [-0.2, -0.15) is 0 Å². The van der Waals surface area contributed by atoms with Gasteiger partial charge >= 0.3 is 0 Å². The van der Waals surface area contributed by atoms with Gasteiger partial charge in [-0.25, -0.2) is 22.7 Å². The number of phenols is 1. The first kappa shape index (κ1) is 24.6. The van der Waals surface area contributed by atoms with Crippen molar-refractivity contribution in [3.05, 3.63) is 134 Å². The van der Waals surface area contributed by atoms with E-state index in [1.165, 1.54) is 28.6 Å². The monoisotopic (exact) mass is 556 g/mol. The smallest absolute Gasteiger partial charge is 0.268 e. The number of nitrogens with zero attached hydrogens (tertiary/aromatic N) is 5. The lowest BCUT2D eigenvalue weighted by Gasteiger charge is -2.27. The molecule has 199 valence electrons. The number of hydrogen-bond donors (Lipinski definition) is 1. The number of hydrogen-bond acceptors (Lipinski definition) is 5. The van der Waals surface area contributed by atoms with Crippen LogP contribution in [-0.4, -0.2) is 32.6 Å². The summed E-state index contributed by atoms with van der Waals surface area (Å²) >= 11 is 0. The van der Waals surface area contributed by atoms with Gasteiger partial charge in [-0.05, 0) is 84.9 Å². The van der Waals surface area contributed by atoms with E-state index in [-0.39, 0.29) is 10.6 Å². The molecule has 0 atom stereocenters. The number of anilines is 2. The molecule has 0 amide bonds. The predicted octanol–water partition coefficient (Wildman–Crippen LogP) is 6.40. The first-order chi connectivity index (χ1) is 20.0. The van der Waals surface area contributed by atoms with Crippen molar-refractivity contribution in [2.45, 2.75) is 4.90 Å². The normalized spacial score (nSPS) is 11.7. The maximum absolute atomic E-state index is 14.4. The summed E-state index contributed by atoms with van der Waals surface area (Å²) in [6.07, 6.45) is 3.40. The van der Waals surface area contributed by atoms with Crippen LogP contribution in [0.4, 0.5) is 11.4 Å². The Bertz CT molecular complexity index is 2150. The highest BCUT2D eigenvalue weighted by atomic mass is 32.2. The molecule has 0 saturated carbocycles. The molecule has 0 bridgehead atoms. The standard InChI is InChI=1S/C32H22N5O3S/c38-25-16-18-26(19-17-25)41(39,40)37(24-9-7-8-23(20-24)35-21-33-27-10-1-3-12-29(27)35)32-15-6-5-14-31(32)36-22-34-28-11-2-4-13-30(28)36/h1-4,6-22,38H. The summed E-state index contributed by atoms with van der Waals surface area (Å²) in [4.78, 5) is 9.05. The van der Waals surface area contributed by atoms with Crippen molar-refractivity contribution >= 4 is 43.5 Å². The molecule has 9 heteroatoms. The van der Waals surface area contributed by atoms with Crippen molar-refractivity contribution < 1.29 is 13.5 Å². The molecule has 2 aromatic heterocycles. The van der Waals surface area contributed by atoms with E-state index in [4.69, 9.17) is 0 Å². The van der Waals surface area contributed by atoms with Crippen LogP contribution in [0.2, 0.25) is 0 Å². The molecule has 7 rings (SSSR count). The average Bonchev–Trinajstić information content (AvgIpc) is 3.63. The van der Waals surface area contributed by atoms with Gasteiger partial charge in [0, 0.05) is 5.69 Å². The lowest BCUT2D eigenvalue weighted by molar-refractivity contribution is 0.475. The van der Waals surface area contributed by atoms with E-state index < -0.39 is 10.0 Å². The Morgan fingerprint density at radius 3 is 2.12 bits per heavy atom. The molecule has 7 aromatic rings. The lowest BCUT2D eigenvalue weighted by Crippen LogP contribution is -2.27. The first-order valence-corrected chi connectivity index (χ1v) is 14.2. The fourth-order valence-corrected chi connectivity index (χ4v) is 6.49. The SMILES string of the molecule is O=S(=O)(c1ccc(O)cc1)N(c1cccc(-n2cnc3ccccc32)c1)c1cc[c]cc1-n1cnc2ccccc21. The van der Waals surface area contributed by atoms with E-state index in [1.54, 1.807) is 36.9 Å². The summed E-state index contributed by atoms with van der Waals surface area (Å²) in [5.74, 6) is -0.0237. The summed E-state index contributed by atoms with van der Waals surface area (Å²) < 4.78 is 34.0. The number of aromatic nitrogens is 4. The van der Waals surface area contributed by atoms with Gasteiger partial charge in [0.25, 0.3) is 10.0 Å². The van der Waals surface area contributed by atoms with Crippen LogP contribution in [0.3, 0.4) is 0 Å². The Hall–Kier alpha value is -5.41. The highest BCUT2D eigenvalue weighted by molar-refractivity contribution is 7.93. The molecule has 1 radical (unpaired) electrons. The number of rotatable bonds is 6. The minimum absolute atomic E-state index is 0.0237. The van der Waals surface area contributed by atoms with E-state index in [9.17, 15) is 13.5 Å². The van der Waals surface area contributed by atoms with Crippen LogP contribution < -0.4 is 4.31 Å². The maximum atomic E-state index is 14.4. The Morgan fingerprint density at radius 2 is 1.39 bits per heavy atom. The quantitative estimate of drug-likeness (QED) is 0.256. The number of benzene rings is 5. The fourth-order valence-electron chi connectivity index (χ4n) is 4.99. The predicted molar refractivity (Wildman–Crippen MR) is 158 cm³/mol. The largest absolute Gasteiger partial charge is 0.508 e. The second-order valence-electron chi connectivity index (χ2n) is 9.40. The van der Waals surface area contributed by atoms with Crippen molar-refractivity contribution in [2.75, 3.05) is 4.31 Å². The Balaban J connectivity index is 1.47. The molecule has 1 N–H and O–H groups in total. The zero-order valence-electron chi connectivity index (χ0n) is 21.5. The van der Waals surface area contributed by atoms with Crippen LogP contribution in [0.25, 0.3) is 33.4 Å². The van der Waals surface area contributed by atoms with Gasteiger partial charge in [0.2, 0.25) is 0 Å². The number of fused-ring (bicyclic) bond motifs is 2. The Kier molecular flexibility index (Phi) is 5.80. The summed E-state index contributed by atoms with van der Waals surface area (Å²) in [6.45, 7) is 0. The third kappa shape index (κ3) is 4.19. The van der Waals surface area contributed by atoms with Crippen LogP contribution in [0.1, 0.15) is 0 Å². The fraction of sp³-hybridized carbons (Fsp3) is 0. The number of para-hydroxylation sites is 4. The topological polar surface area (TPSA) is 93.3 Å². The molecule has 5 aromatic carbocycles. The summed E-state index contributed by atoms with van der Waals surface area (Å²) in [6, 6.07) is 36.5. The third-order valence-electron chi connectivity index (χ3n) is 6.92. The van der Waals surface area contributed by atoms with Gasteiger partial charge in [-0.1, -0.05) is 36.4 Å². The van der Waals surface area contributed by atoms with E-state index in [0.717, 1.165) is 27.8 Å². The molecule has 0 fully saturated rings. The van der Waals surface area contributed by atoms with Gasteiger partial charge in [0.1, 0.15) is 18.4 Å². The molecule has 0 aliphatic rings. The van der Waals surface area contributed by atoms with Gasteiger partial charge in [0.15, 0.2) is 0 Å². The lowest BCUT2D eigenvalue weighted by atomic mass is 10.2. The van der Waals surface area contributed by atoms with Crippen LogP contribution in [0, 0.1) is 6.07 Å². The van der Waals surface area contributed by atoms with Crippen molar-refractivity contribution in [3.8, 4) is 17.1 Å². The molecule has 0 spiro atoms. The van der Waals surface area contributed by atoms with Crippen LogP contribution in [-0.2, 0) is 10.0 Å². The molecule has 41 heavy (non-hydrogen) atoms. The molecule has 0 saturated heterocycles. The van der Waals surface area contributed by atoms with Crippen molar-refractivity contribution in [1.82, 2.24) is 19.1 Å². The molecule has 2 heterocycles. The minimum atomic E-state index is -4.17. The molecular formula is C32H22N5O3S. The second kappa shape index (κ2) is 9.65. The number of sulfonamides is 1. The van der Waals surface area contributed by atoms with E-state index in [0.29, 0.717) is 17.1 Å². The van der Waals surface area contributed by atoms with Crippen LogP contribution >= 0.6 is 0 Å². The zero-order valence-corrected chi connectivity index (χ0v) is 22.3. The van der Waals surface area contributed by atoms with Gasteiger partial charge in [0.05, 0.1) is 44.0 Å². The third-order valence-corrected chi connectivity index (χ3v) is 8.68. The Labute approximate surface area is 236 Å². The van der Waals surface area contributed by atoms with Crippen molar-refractivity contribution in [1.29, 1.82) is 0 Å². The molecular weight excluding hydrogens is 534 g/mol. The van der Waals surface area contributed by atoms with Gasteiger partial charge < -0.3 is 5.11 Å². The molecule has 0 unspecified atom stereocenters. The number of imidazole rings is 2. The highest BCUT2D eigenvalue weighted by Crippen LogP contribution is 2.38. The van der Waals surface area contributed by atoms with Gasteiger partial charge in [-0.15, -0.1) is 0 Å². The van der Waals surface area contributed by atoms with Crippen LogP contribution in [0.5, 0.6) is 5.75 Å². The van der Waals surface area contributed by atoms with Crippen LogP contribution in [0.15, 0.2) is 133 Å². The number of aromatic hydroxyl groups is 1. The average molecular weight is 557 g/mol. The van der Waals surface area contributed by atoms with E-state index >= 15 is 0 Å². The summed E-state index contributed by atoms with van der Waals surface area (Å²) in [5, 5.41) is 9.86. The zero-order chi connectivity index (χ0) is 28.0. The molecule has 0 aliphatic carbocycles. The van der Waals surface area contributed by atoms with Crippen molar-refractivity contribution in [3.63, 3.8) is 0 Å². The summed E-state index contributed by atoms with van der Waals surface area (Å²) in [5.41, 5.74) is 5.51. The minimum Gasteiger partial charge on any atom is -0.508 e.